The Morgan fingerprint density at radius 3 is 2.28 bits per heavy atom. The molecule has 1 fully saturated rings. The van der Waals surface area contributed by atoms with E-state index in [-0.39, 0.29) is 5.54 Å². The van der Waals surface area contributed by atoms with Gasteiger partial charge < -0.3 is 5.32 Å². The van der Waals surface area contributed by atoms with Crippen LogP contribution in [0.2, 0.25) is 0 Å². The molecule has 2 heteroatoms. The molecule has 18 heavy (non-hydrogen) atoms. The SMILES string of the molecule is c1ccc(C2(Nc3ccccn3)CCCC2)cc1. The lowest BCUT2D eigenvalue weighted by atomic mass is 9.88. The fraction of sp³-hybridized carbons (Fsp3) is 0.312. The van der Waals surface area contributed by atoms with Gasteiger partial charge in [0.05, 0.1) is 5.54 Å². The van der Waals surface area contributed by atoms with Crippen LogP contribution in [0.4, 0.5) is 5.82 Å². The molecule has 0 bridgehead atoms. The van der Waals surface area contributed by atoms with E-state index in [4.69, 9.17) is 0 Å². The van der Waals surface area contributed by atoms with Crippen molar-refractivity contribution in [2.45, 2.75) is 31.2 Å². The van der Waals surface area contributed by atoms with Gasteiger partial charge in [0.2, 0.25) is 0 Å². The zero-order valence-electron chi connectivity index (χ0n) is 10.5. The summed E-state index contributed by atoms with van der Waals surface area (Å²) >= 11 is 0. The summed E-state index contributed by atoms with van der Waals surface area (Å²) in [5.41, 5.74) is 1.46. The molecule has 2 nitrogen and oxygen atoms in total. The average molecular weight is 238 g/mol. The van der Waals surface area contributed by atoms with Crippen molar-refractivity contribution < 1.29 is 0 Å². The van der Waals surface area contributed by atoms with Crippen molar-refractivity contribution in [3.8, 4) is 0 Å². The summed E-state index contributed by atoms with van der Waals surface area (Å²) in [6.45, 7) is 0. The van der Waals surface area contributed by atoms with Gasteiger partial charge in [-0.3, -0.25) is 0 Å². The first kappa shape index (κ1) is 11.3. The highest BCUT2D eigenvalue weighted by Crippen LogP contribution is 2.41. The number of rotatable bonds is 3. The lowest BCUT2D eigenvalue weighted by Gasteiger charge is -2.31. The van der Waals surface area contributed by atoms with Crippen LogP contribution in [-0.4, -0.2) is 4.98 Å². The van der Waals surface area contributed by atoms with Crippen molar-refractivity contribution in [1.82, 2.24) is 4.98 Å². The van der Waals surface area contributed by atoms with Crippen molar-refractivity contribution >= 4 is 5.82 Å². The summed E-state index contributed by atoms with van der Waals surface area (Å²) in [5.74, 6) is 0.975. The quantitative estimate of drug-likeness (QED) is 0.875. The third-order valence-electron chi connectivity index (χ3n) is 3.82. The highest BCUT2D eigenvalue weighted by Gasteiger charge is 2.35. The summed E-state index contributed by atoms with van der Waals surface area (Å²) in [6, 6.07) is 16.8. The Balaban J connectivity index is 1.93. The molecule has 92 valence electrons. The average Bonchev–Trinajstić information content (AvgIpc) is 2.91. The Bertz CT molecular complexity index is 487. The van der Waals surface area contributed by atoms with Gasteiger partial charge in [0.25, 0.3) is 0 Å². The normalized spacial score (nSPS) is 17.6. The van der Waals surface area contributed by atoms with Crippen molar-refractivity contribution in [2.24, 2.45) is 0 Å². The monoisotopic (exact) mass is 238 g/mol. The molecule has 1 saturated carbocycles. The molecule has 3 rings (SSSR count). The second-order valence-electron chi connectivity index (χ2n) is 5.00. The van der Waals surface area contributed by atoms with Crippen LogP contribution in [0.1, 0.15) is 31.2 Å². The summed E-state index contributed by atoms with van der Waals surface area (Å²) < 4.78 is 0. The molecule has 1 aromatic carbocycles. The number of pyridine rings is 1. The highest BCUT2D eigenvalue weighted by atomic mass is 15.1. The molecule has 0 saturated heterocycles. The van der Waals surface area contributed by atoms with Gasteiger partial charge in [-0.1, -0.05) is 49.2 Å². The van der Waals surface area contributed by atoms with Crippen LogP contribution in [0.3, 0.4) is 0 Å². The Morgan fingerprint density at radius 2 is 1.61 bits per heavy atom. The van der Waals surface area contributed by atoms with Gasteiger partial charge in [-0.2, -0.15) is 0 Å². The Labute approximate surface area is 108 Å². The zero-order chi connectivity index (χ0) is 12.3. The second kappa shape index (κ2) is 4.81. The summed E-state index contributed by atoms with van der Waals surface area (Å²) in [5, 5.41) is 3.66. The molecule has 1 aromatic heterocycles. The van der Waals surface area contributed by atoms with E-state index in [9.17, 15) is 0 Å². The molecule has 1 aliphatic carbocycles. The molecule has 0 aliphatic heterocycles. The Hall–Kier alpha value is -1.83. The summed E-state index contributed by atoms with van der Waals surface area (Å²) in [4.78, 5) is 4.40. The minimum absolute atomic E-state index is 0.0790. The van der Waals surface area contributed by atoms with Crippen molar-refractivity contribution in [3.63, 3.8) is 0 Å². The maximum Gasteiger partial charge on any atom is 0.126 e. The van der Waals surface area contributed by atoms with E-state index >= 15 is 0 Å². The number of nitrogens with zero attached hydrogens (tertiary/aromatic N) is 1. The van der Waals surface area contributed by atoms with Gasteiger partial charge in [-0.15, -0.1) is 0 Å². The highest BCUT2D eigenvalue weighted by molar-refractivity contribution is 5.42. The molecule has 1 heterocycles. The molecule has 0 radical (unpaired) electrons. The van der Waals surface area contributed by atoms with Gasteiger partial charge in [-0.05, 0) is 30.5 Å². The number of hydrogen-bond donors (Lipinski definition) is 1. The summed E-state index contributed by atoms with van der Waals surface area (Å²) in [6.07, 6.45) is 6.79. The van der Waals surface area contributed by atoms with Crippen molar-refractivity contribution in [2.75, 3.05) is 5.32 Å². The first-order valence-corrected chi connectivity index (χ1v) is 6.64. The minimum atomic E-state index is 0.0790. The topological polar surface area (TPSA) is 24.9 Å². The van der Waals surface area contributed by atoms with E-state index in [0.717, 1.165) is 5.82 Å². The van der Waals surface area contributed by atoms with Crippen LogP contribution in [0.5, 0.6) is 0 Å². The van der Waals surface area contributed by atoms with Crippen LogP contribution >= 0.6 is 0 Å². The van der Waals surface area contributed by atoms with E-state index in [1.54, 1.807) is 0 Å². The van der Waals surface area contributed by atoms with Gasteiger partial charge in [-0.25, -0.2) is 4.98 Å². The van der Waals surface area contributed by atoms with Crippen LogP contribution < -0.4 is 5.32 Å². The first-order chi connectivity index (χ1) is 8.89. The van der Waals surface area contributed by atoms with Crippen molar-refractivity contribution in [1.29, 1.82) is 0 Å². The van der Waals surface area contributed by atoms with Crippen LogP contribution in [0.25, 0.3) is 0 Å². The van der Waals surface area contributed by atoms with E-state index in [2.05, 4.69) is 40.6 Å². The predicted octanol–water partition coefficient (Wildman–Crippen LogP) is 3.96. The second-order valence-corrected chi connectivity index (χ2v) is 5.00. The number of hydrogen-bond acceptors (Lipinski definition) is 2. The standard InChI is InChI=1S/C16H18N2/c1-2-8-14(9-3-1)16(11-5-6-12-16)18-15-10-4-7-13-17-15/h1-4,7-10,13H,5-6,11-12H2,(H,17,18). The predicted molar refractivity (Wildman–Crippen MR) is 74.4 cm³/mol. The maximum atomic E-state index is 4.40. The number of anilines is 1. The van der Waals surface area contributed by atoms with E-state index in [1.165, 1.54) is 31.2 Å². The van der Waals surface area contributed by atoms with Gasteiger partial charge >= 0.3 is 0 Å². The largest absolute Gasteiger partial charge is 0.361 e. The number of nitrogens with one attached hydrogen (secondary N) is 1. The van der Waals surface area contributed by atoms with E-state index < -0.39 is 0 Å². The molecule has 1 N–H and O–H groups in total. The lowest BCUT2D eigenvalue weighted by Crippen LogP contribution is -2.32. The van der Waals surface area contributed by atoms with E-state index in [1.807, 2.05) is 24.4 Å². The smallest absolute Gasteiger partial charge is 0.126 e. The van der Waals surface area contributed by atoms with Gasteiger partial charge in [0.1, 0.15) is 5.82 Å². The molecular weight excluding hydrogens is 220 g/mol. The van der Waals surface area contributed by atoms with Crippen molar-refractivity contribution in [3.05, 3.63) is 60.3 Å². The third kappa shape index (κ3) is 2.10. The molecule has 0 spiro atoms. The van der Waals surface area contributed by atoms with Crippen LogP contribution in [0, 0.1) is 0 Å². The summed E-state index contributed by atoms with van der Waals surface area (Å²) in [7, 11) is 0. The Morgan fingerprint density at radius 1 is 0.889 bits per heavy atom. The van der Waals surface area contributed by atoms with E-state index in [0.29, 0.717) is 0 Å². The molecular formula is C16H18N2. The Kier molecular flexibility index (Phi) is 3.01. The minimum Gasteiger partial charge on any atom is -0.361 e. The maximum absolute atomic E-state index is 4.40. The number of benzene rings is 1. The third-order valence-corrected chi connectivity index (χ3v) is 3.82. The van der Waals surface area contributed by atoms with Gasteiger partial charge in [0.15, 0.2) is 0 Å². The molecule has 1 aliphatic rings. The first-order valence-electron chi connectivity index (χ1n) is 6.64. The van der Waals surface area contributed by atoms with Crippen LogP contribution in [0.15, 0.2) is 54.7 Å². The van der Waals surface area contributed by atoms with Crippen LogP contribution in [-0.2, 0) is 5.54 Å². The fourth-order valence-electron chi connectivity index (χ4n) is 2.90. The van der Waals surface area contributed by atoms with Gasteiger partial charge in [0, 0.05) is 6.20 Å². The molecule has 0 amide bonds. The number of aromatic nitrogens is 1. The lowest BCUT2D eigenvalue weighted by molar-refractivity contribution is 0.506. The molecule has 0 atom stereocenters. The molecule has 0 unspecified atom stereocenters. The zero-order valence-corrected chi connectivity index (χ0v) is 10.5. The molecule has 2 aromatic rings. The fourth-order valence-corrected chi connectivity index (χ4v) is 2.90.